The van der Waals surface area contributed by atoms with Crippen molar-refractivity contribution in [3.05, 3.63) is 42.1 Å². The minimum atomic E-state index is 0.0884. The van der Waals surface area contributed by atoms with E-state index in [-0.39, 0.29) is 17.6 Å². The fourth-order valence-corrected chi connectivity index (χ4v) is 2.27. The maximum atomic E-state index is 11.6. The van der Waals surface area contributed by atoms with E-state index in [9.17, 15) is 9.90 Å². The fraction of sp³-hybridized carbons (Fsp3) is 0.400. The van der Waals surface area contributed by atoms with Gasteiger partial charge < -0.3 is 10.0 Å². The maximum absolute atomic E-state index is 11.6. The second kappa shape index (κ2) is 5.25. The number of phenols is 1. The first-order valence-corrected chi connectivity index (χ1v) is 6.32. The van der Waals surface area contributed by atoms with E-state index in [1.165, 1.54) is 0 Å². The normalized spacial score (nSPS) is 19.6. The van der Waals surface area contributed by atoms with E-state index in [1.807, 2.05) is 18.3 Å². The summed E-state index contributed by atoms with van der Waals surface area (Å²) in [4.78, 5) is 13.8. The van der Waals surface area contributed by atoms with Crippen molar-refractivity contribution in [1.29, 1.82) is 0 Å². The summed E-state index contributed by atoms with van der Waals surface area (Å²) in [5, 5.41) is 9.32. The number of hydrogen-bond acceptors (Lipinski definition) is 3. The van der Waals surface area contributed by atoms with Crippen LogP contribution in [0.2, 0.25) is 0 Å². The standard InChI is InChI=1S/C15H19NO2/c1-11(2)10-16-8-7-14(18)9-15(16)12-3-5-13(17)6-4-12/h3-8,11,15,17H,9-10H2,1-2H3. The van der Waals surface area contributed by atoms with Gasteiger partial charge in [-0.25, -0.2) is 0 Å². The molecule has 3 nitrogen and oxygen atoms in total. The molecule has 0 amide bonds. The Hall–Kier alpha value is -1.77. The first-order valence-electron chi connectivity index (χ1n) is 6.32. The van der Waals surface area contributed by atoms with Gasteiger partial charge in [0.25, 0.3) is 0 Å². The molecule has 1 atom stereocenters. The molecule has 0 bridgehead atoms. The Morgan fingerprint density at radius 3 is 2.61 bits per heavy atom. The van der Waals surface area contributed by atoms with Crippen molar-refractivity contribution >= 4 is 5.78 Å². The maximum Gasteiger partial charge on any atom is 0.159 e. The molecular weight excluding hydrogens is 226 g/mol. The molecule has 3 heteroatoms. The molecule has 18 heavy (non-hydrogen) atoms. The van der Waals surface area contributed by atoms with Crippen molar-refractivity contribution in [3.8, 4) is 5.75 Å². The molecule has 1 heterocycles. The predicted octanol–water partition coefficient (Wildman–Crippen LogP) is 2.88. The lowest BCUT2D eigenvalue weighted by molar-refractivity contribution is -0.116. The van der Waals surface area contributed by atoms with Gasteiger partial charge in [-0.1, -0.05) is 26.0 Å². The van der Waals surface area contributed by atoms with Gasteiger partial charge in [0.1, 0.15) is 5.75 Å². The zero-order chi connectivity index (χ0) is 13.1. The molecule has 1 aliphatic heterocycles. The number of rotatable bonds is 3. The highest BCUT2D eigenvalue weighted by Crippen LogP contribution is 2.29. The van der Waals surface area contributed by atoms with Gasteiger partial charge in [-0.2, -0.15) is 0 Å². The lowest BCUT2D eigenvalue weighted by Gasteiger charge is -2.34. The molecule has 0 aliphatic carbocycles. The number of carbonyl (C=O) groups is 1. The molecule has 1 N–H and O–H groups in total. The Morgan fingerprint density at radius 1 is 1.33 bits per heavy atom. The van der Waals surface area contributed by atoms with Crippen LogP contribution in [0.25, 0.3) is 0 Å². The Morgan fingerprint density at radius 2 is 2.00 bits per heavy atom. The summed E-state index contributed by atoms with van der Waals surface area (Å²) in [6.45, 7) is 5.26. The minimum Gasteiger partial charge on any atom is -0.508 e. The van der Waals surface area contributed by atoms with Gasteiger partial charge in [0.2, 0.25) is 0 Å². The van der Waals surface area contributed by atoms with Crippen molar-refractivity contribution in [2.45, 2.75) is 26.3 Å². The van der Waals surface area contributed by atoms with Gasteiger partial charge in [-0.05, 0) is 29.7 Å². The number of hydrogen-bond donors (Lipinski definition) is 1. The van der Waals surface area contributed by atoms with Gasteiger partial charge in [-0.3, -0.25) is 4.79 Å². The van der Waals surface area contributed by atoms with Crippen LogP contribution in [0.15, 0.2) is 36.5 Å². The van der Waals surface area contributed by atoms with Gasteiger partial charge in [0.05, 0.1) is 6.04 Å². The van der Waals surface area contributed by atoms with Gasteiger partial charge in [-0.15, -0.1) is 0 Å². The Kier molecular flexibility index (Phi) is 3.70. The van der Waals surface area contributed by atoms with Crippen LogP contribution in [0.1, 0.15) is 31.9 Å². The minimum absolute atomic E-state index is 0.0884. The summed E-state index contributed by atoms with van der Waals surface area (Å²) >= 11 is 0. The first-order chi connectivity index (χ1) is 8.56. The van der Waals surface area contributed by atoms with E-state index in [0.29, 0.717) is 12.3 Å². The number of aromatic hydroxyl groups is 1. The molecule has 0 aromatic heterocycles. The van der Waals surface area contributed by atoms with Crippen LogP contribution < -0.4 is 0 Å². The quantitative estimate of drug-likeness (QED) is 0.890. The monoisotopic (exact) mass is 245 g/mol. The first kappa shape index (κ1) is 12.7. The molecule has 0 spiro atoms. The summed E-state index contributed by atoms with van der Waals surface area (Å²) in [6, 6.07) is 7.21. The van der Waals surface area contributed by atoms with Crippen molar-refractivity contribution in [2.24, 2.45) is 5.92 Å². The van der Waals surface area contributed by atoms with Crippen LogP contribution in [-0.4, -0.2) is 22.3 Å². The van der Waals surface area contributed by atoms with Crippen molar-refractivity contribution < 1.29 is 9.90 Å². The van der Waals surface area contributed by atoms with Crippen molar-refractivity contribution in [2.75, 3.05) is 6.54 Å². The van der Waals surface area contributed by atoms with E-state index in [2.05, 4.69) is 18.7 Å². The van der Waals surface area contributed by atoms with Crippen LogP contribution >= 0.6 is 0 Å². The average molecular weight is 245 g/mol. The molecule has 1 unspecified atom stereocenters. The number of allylic oxidation sites excluding steroid dienone is 1. The van der Waals surface area contributed by atoms with Crippen LogP contribution in [0.3, 0.4) is 0 Å². The molecular formula is C15H19NO2. The topological polar surface area (TPSA) is 40.5 Å². The van der Waals surface area contributed by atoms with E-state index < -0.39 is 0 Å². The fourth-order valence-electron chi connectivity index (χ4n) is 2.27. The van der Waals surface area contributed by atoms with E-state index in [0.717, 1.165) is 12.1 Å². The lowest BCUT2D eigenvalue weighted by Crippen LogP contribution is -2.31. The molecule has 0 fully saturated rings. The van der Waals surface area contributed by atoms with Crippen LogP contribution in [0, 0.1) is 5.92 Å². The largest absolute Gasteiger partial charge is 0.508 e. The van der Waals surface area contributed by atoms with Crippen LogP contribution in [0.5, 0.6) is 5.75 Å². The second-order valence-corrected chi connectivity index (χ2v) is 5.18. The van der Waals surface area contributed by atoms with Crippen molar-refractivity contribution in [3.63, 3.8) is 0 Å². The highest BCUT2D eigenvalue weighted by molar-refractivity contribution is 5.90. The zero-order valence-corrected chi connectivity index (χ0v) is 10.8. The molecule has 0 saturated carbocycles. The number of nitrogens with zero attached hydrogens (tertiary/aromatic N) is 1. The molecule has 96 valence electrons. The highest BCUT2D eigenvalue weighted by Gasteiger charge is 2.24. The molecule has 0 saturated heterocycles. The summed E-state index contributed by atoms with van der Waals surface area (Å²) in [5.41, 5.74) is 1.08. The molecule has 1 aromatic rings. The third-order valence-corrected chi connectivity index (χ3v) is 3.10. The molecule has 1 aliphatic rings. The van der Waals surface area contributed by atoms with E-state index >= 15 is 0 Å². The third-order valence-electron chi connectivity index (χ3n) is 3.10. The third kappa shape index (κ3) is 2.92. The van der Waals surface area contributed by atoms with Crippen LogP contribution in [0.4, 0.5) is 0 Å². The zero-order valence-electron chi connectivity index (χ0n) is 10.8. The predicted molar refractivity (Wildman–Crippen MR) is 71.2 cm³/mol. The number of ketones is 1. The molecule has 1 aromatic carbocycles. The van der Waals surface area contributed by atoms with Gasteiger partial charge >= 0.3 is 0 Å². The number of carbonyl (C=O) groups excluding carboxylic acids is 1. The van der Waals surface area contributed by atoms with Crippen molar-refractivity contribution in [1.82, 2.24) is 4.90 Å². The van der Waals surface area contributed by atoms with Crippen LogP contribution in [-0.2, 0) is 4.79 Å². The van der Waals surface area contributed by atoms with E-state index in [4.69, 9.17) is 0 Å². The average Bonchev–Trinajstić information content (AvgIpc) is 2.32. The summed E-state index contributed by atoms with van der Waals surface area (Å²) in [7, 11) is 0. The second-order valence-electron chi connectivity index (χ2n) is 5.18. The smallest absolute Gasteiger partial charge is 0.159 e. The summed E-state index contributed by atoms with van der Waals surface area (Å²) in [5.74, 6) is 0.961. The Bertz CT molecular complexity index is 448. The Labute approximate surface area is 108 Å². The lowest BCUT2D eigenvalue weighted by atomic mass is 9.96. The Balaban J connectivity index is 2.24. The SMILES string of the molecule is CC(C)CN1C=CC(=O)CC1c1ccc(O)cc1. The van der Waals surface area contributed by atoms with Gasteiger partial charge in [0.15, 0.2) is 5.78 Å². The molecule has 0 radical (unpaired) electrons. The highest BCUT2D eigenvalue weighted by atomic mass is 16.3. The summed E-state index contributed by atoms with van der Waals surface area (Å²) in [6.07, 6.45) is 4.05. The molecule has 2 rings (SSSR count). The van der Waals surface area contributed by atoms with Gasteiger partial charge in [0, 0.05) is 19.2 Å². The number of phenolic OH excluding ortho intramolecular Hbond substituents is 1. The number of benzene rings is 1. The summed E-state index contributed by atoms with van der Waals surface area (Å²) < 4.78 is 0. The van der Waals surface area contributed by atoms with E-state index in [1.54, 1.807) is 18.2 Å².